The van der Waals surface area contributed by atoms with E-state index in [0.29, 0.717) is 35.3 Å². The predicted octanol–water partition coefficient (Wildman–Crippen LogP) is 4.84. The van der Waals surface area contributed by atoms with Crippen LogP contribution in [0.25, 0.3) is 0 Å². The Morgan fingerprint density at radius 2 is 1.78 bits per heavy atom. The molecule has 0 aliphatic heterocycles. The van der Waals surface area contributed by atoms with E-state index in [-0.39, 0.29) is 23.4 Å². The van der Waals surface area contributed by atoms with Crippen molar-refractivity contribution >= 4 is 17.6 Å². The highest BCUT2D eigenvalue weighted by molar-refractivity contribution is 6.10. The molecule has 198 valence electrons. The second-order valence-corrected chi connectivity index (χ2v) is 8.41. The van der Waals surface area contributed by atoms with Gasteiger partial charge >= 0.3 is 5.97 Å². The van der Waals surface area contributed by atoms with E-state index in [4.69, 9.17) is 15.2 Å². The third-order valence-electron chi connectivity index (χ3n) is 5.40. The van der Waals surface area contributed by atoms with Gasteiger partial charge < -0.3 is 25.3 Å². The highest BCUT2D eigenvalue weighted by atomic mass is 16.5. The Kier molecular flexibility index (Phi) is 13.6. The maximum atomic E-state index is 12.7. The summed E-state index contributed by atoms with van der Waals surface area (Å²) in [5.74, 6) is 1.25. The van der Waals surface area contributed by atoms with Gasteiger partial charge in [0.25, 0.3) is 0 Å². The number of aromatic nitrogens is 2. The smallest absolute Gasteiger partial charge is 0.308 e. The largest absolute Gasteiger partial charge is 0.497 e. The minimum atomic E-state index is -0.262. The molecule has 0 bridgehead atoms. The van der Waals surface area contributed by atoms with Crippen LogP contribution in [0.2, 0.25) is 0 Å². The minimum Gasteiger partial charge on any atom is -0.497 e. The molecule has 9 nitrogen and oxygen atoms in total. The number of allylic oxidation sites excluding steroid dienone is 5. The van der Waals surface area contributed by atoms with Gasteiger partial charge in [-0.3, -0.25) is 14.6 Å². The van der Waals surface area contributed by atoms with Gasteiger partial charge in [0.2, 0.25) is 11.7 Å². The number of nitrogens with zero attached hydrogens (tertiary/aromatic N) is 2. The van der Waals surface area contributed by atoms with Crippen LogP contribution in [-0.2, 0) is 19.1 Å². The first-order valence-electron chi connectivity index (χ1n) is 12.0. The van der Waals surface area contributed by atoms with E-state index in [0.717, 1.165) is 18.4 Å². The normalized spacial score (nSPS) is 15.1. The maximum Gasteiger partial charge on any atom is 0.308 e. The first kappa shape index (κ1) is 30.4. The number of hydrogen-bond acceptors (Lipinski definition) is 9. The van der Waals surface area contributed by atoms with Gasteiger partial charge in [0, 0.05) is 5.70 Å². The van der Waals surface area contributed by atoms with Crippen LogP contribution in [0.3, 0.4) is 0 Å². The van der Waals surface area contributed by atoms with Gasteiger partial charge in [-0.15, -0.1) is 0 Å². The number of Topliss-reactive ketones (excluding diaryl/α,β-unsaturated/α-hetero) is 1. The Bertz CT molecular complexity index is 988. The summed E-state index contributed by atoms with van der Waals surface area (Å²) in [6.07, 6.45) is 12.1. The molecule has 1 aliphatic rings. The Morgan fingerprint density at radius 3 is 2.31 bits per heavy atom. The number of carbonyl (C=O) groups excluding carboxylic acids is 2. The molecule has 0 saturated heterocycles. The van der Waals surface area contributed by atoms with Crippen molar-refractivity contribution in [3.63, 3.8) is 0 Å². The lowest BCUT2D eigenvalue weighted by Crippen LogP contribution is -2.18. The molecule has 0 aromatic carbocycles. The molecule has 1 heterocycles. The van der Waals surface area contributed by atoms with Crippen molar-refractivity contribution in [2.24, 2.45) is 11.7 Å². The number of nitrogens with two attached hydrogens (primary N) is 1. The number of anilines is 1. The summed E-state index contributed by atoms with van der Waals surface area (Å²) < 4.78 is 15.2. The van der Waals surface area contributed by atoms with Crippen molar-refractivity contribution in [1.29, 1.82) is 0 Å². The third-order valence-corrected chi connectivity index (χ3v) is 5.40. The number of ketones is 1. The Balaban J connectivity index is 0.000000537. The van der Waals surface area contributed by atoms with Gasteiger partial charge in [-0.1, -0.05) is 31.9 Å². The summed E-state index contributed by atoms with van der Waals surface area (Å²) in [6.45, 7) is 11.3. The Morgan fingerprint density at radius 1 is 1.11 bits per heavy atom. The molecule has 1 aromatic rings. The number of methoxy groups -OCH3 is 2. The summed E-state index contributed by atoms with van der Waals surface area (Å²) in [5.41, 5.74) is 7.68. The van der Waals surface area contributed by atoms with Gasteiger partial charge in [0.05, 0.1) is 39.1 Å². The molecule has 1 aromatic heterocycles. The van der Waals surface area contributed by atoms with Crippen molar-refractivity contribution in [2.45, 2.75) is 59.8 Å². The van der Waals surface area contributed by atoms with Crippen LogP contribution in [-0.4, -0.2) is 42.5 Å². The van der Waals surface area contributed by atoms with Crippen molar-refractivity contribution in [3.05, 3.63) is 59.4 Å². The number of esters is 1. The minimum absolute atomic E-state index is 0.0142. The van der Waals surface area contributed by atoms with Crippen LogP contribution >= 0.6 is 0 Å². The first-order chi connectivity index (χ1) is 17.1. The van der Waals surface area contributed by atoms with Crippen molar-refractivity contribution in [1.82, 2.24) is 9.97 Å². The number of rotatable bonds is 10. The van der Waals surface area contributed by atoms with E-state index in [1.165, 1.54) is 38.8 Å². The maximum absolute atomic E-state index is 12.7. The van der Waals surface area contributed by atoms with Crippen molar-refractivity contribution < 1.29 is 23.8 Å². The van der Waals surface area contributed by atoms with E-state index >= 15 is 0 Å². The van der Waals surface area contributed by atoms with Crippen molar-refractivity contribution in [2.75, 3.05) is 26.1 Å². The number of hydrogen-bond donors (Lipinski definition) is 2. The monoisotopic (exact) mass is 500 g/mol. The number of carbonyl (C=O) groups is 2. The summed E-state index contributed by atoms with van der Waals surface area (Å²) >= 11 is 0. The fourth-order valence-electron chi connectivity index (χ4n) is 3.45. The summed E-state index contributed by atoms with van der Waals surface area (Å²) in [7, 11) is 3.02. The molecule has 3 N–H and O–H groups in total. The van der Waals surface area contributed by atoms with Crippen LogP contribution in [0.1, 0.15) is 59.8 Å². The Hall–Kier alpha value is -3.62. The lowest BCUT2D eigenvalue weighted by atomic mass is 9.89. The van der Waals surface area contributed by atoms with E-state index in [2.05, 4.69) is 26.6 Å². The van der Waals surface area contributed by atoms with Gasteiger partial charge in [-0.25, -0.2) is 0 Å². The number of ether oxygens (including phenoxy) is 3. The fourth-order valence-corrected chi connectivity index (χ4v) is 3.45. The highest BCUT2D eigenvalue weighted by Crippen LogP contribution is 2.24. The molecule has 9 heteroatoms. The molecule has 0 unspecified atom stereocenters. The van der Waals surface area contributed by atoms with Crippen LogP contribution < -0.4 is 15.8 Å². The van der Waals surface area contributed by atoms with E-state index in [9.17, 15) is 9.59 Å². The van der Waals surface area contributed by atoms with Crippen LogP contribution in [0.4, 0.5) is 5.82 Å². The van der Waals surface area contributed by atoms with Crippen LogP contribution in [0, 0.1) is 5.92 Å². The summed E-state index contributed by atoms with van der Waals surface area (Å²) in [4.78, 5) is 31.9. The molecule has 0 amide bonds. The van der Waals surface area contributed by atoms with E-state index < -0.39 is 0 Å². The lowest BCUT2D eigenvalue weighted by Gasteiger charge is -2.18. The molecule has 36 heavy (non-hydrogen) atoms. The molecule has 0 atom stereocenters. The van der Waals surface area contributed by atoms with Gasteiger partial charge in [-0.05, 0) is 57.8 Å². The Labute approximate surface area is 214 Å². The molecule has 2 rings (SSSR count). The van der Waals surface area contributed by atoms with E-state index in [1.807, 2.05) is 13.8 Å². The SMILES string of the molecule is C=C(C)/C(=C\C=C(/C)C(=O)/C(Nc1cncc(OCC)n1)=C(/C)N)OC.COC(=O)C1CCCCC1. The molecule has 1 aliphatic carbocycles. The van der Waals surface area contributed by atoms with E-state index in [1.54, 1.807) is 33.1 Å². The fraction of sp³-hybridized carbons (Fsp3) is 0.481. The molecule has 1 fully saturated rings. The number of nitrogens with one attached hydrogen (secondary N) is 1. The zero-order chi connectivity index (χ0) is 27.1. The zero-order valence-corrected chi connectivity index (χ0v) is 22.3. The van der Waals surface area contributed by atoms with Gasteiger partial charge in [0.15, 0.2) is 5.82 Å². The molecule has 0 spiro atoms. The van der Waals surface area contributed by atoms with Crippen molar-refractivity contribution in [3.8, 4) is 5.88 Å². The topological polar surface area (TPSA) is 126 Å². The second kappa shape index (κ2) is 16.1. The summed E-state index contributed by atoms with van der Waals surface area (Å²) in [5, 5.41) is 2.92. The quantitative estimate of drug-likeness (QED) is 0.201. The summed E-state index contributed by atoms with van der Waals surface area (Å²) in [6, 6.07) is 0. The molecule has 0 radical (unpaired) electrons. The molecule has 1 saturated carbocycles. The van der Waals surface area contributed by atoms with Gasteiger partial charge in [-0.2, -0.15) is 4.98 Å². The second-order valence-electron chi connectivity index (χ2n) is 8.41. The standard InChI is InChI=1S/C19H26N4O3.C8H14O2/c1-7-26-17-11-21-10-16(22-17)23-18(14(5)20)19(24)13(4)8-9-15(25-6)12(2)3;1-10-8(9)7-5-3-2-4-6-7/h8-11H,2,7,20H2,1,3-6H3,(H,22,23);7H,2-6H2,1H3/b13-8+,15-9+,18-14+;. The average molecular weight is 501 g/mol. The van der Waals surface area contributed by atoms with Gasteiger partial charge in [0.1, 0.15) is 11.5 Å². The third kappa shape index (κ3) is 10.3. The highest BCUT2D eigenvalue weighted by Gasteiger charge is 2.21. The van der Waals surface area contributed by atoms with Crippen LogP contribution in [0.5, 0.6) is 5.88 Å². The van der Waals surface area contributed by atoms with Crippen LogP contribution in [0.15, 0.2) is 59.4 Å². The average Bonchev–Trinajstić information content (AvgIpc) is 2.87. The zero-order valence-electron chi connectivity index (χ0n) is 22.3. The molecular formula is C27H40N4O5. The first-order valence-corrected chi connectivity index (χ1v) is 12.0. The lowest BCUT2D eigenvalue weighted by molar-refractivity contribution is -0.146. The predicted molar refractivity (Wildman–Crippen MR) is 141 cm³/mol. The molecular weight excluding hydrogens is 460 g/mol.